The minimum absolute atomic E-state index is 0.00238. The molecule has 0 spiro atoms. The van der Waals surface area contributed by atoms with Gasteiger partial charge in [0, 0.05) is 12.7 Å². The molecule has 1 aromatic rings. The van der Waals surface area contributed by atoms with Crippen molar-refractivity contribution in [3.05, 3.63) is 11.9 Å². The van der Waals surface area contributed by atoms with Crippen LogP contribution in [0.4, 0.5) is 5.69 Å². The largest absolute Gasteiger partial charge is 0.458 e. The van der Waals surface area contributed by atoms with Crippen LogP contribution in [0.5, 0.6) is 0 Å². The van der Waals surface area contributed by atoms with E-state index >= 15 is 0 Å². The van der Waals surface area contributed by atoms with E-state index in [-0.39, 0.29) is 11.8 Å². The molecular weight excluding hydrogens is 242 g/mol. The van der Waals surface area contributed by atoms with Gasteiger partial charge in [0.15, 0.2) is 5.69 Å². The van der Waals surface area contributed by atoms with E-state index in [1.807, 2.05) is 6.92 Å². The minimum atomic E-state index is -0.393. The van der Waals surface area contributed by atoms with E-state index in [0.717, 1.165) is 12.8 Å². The van der Waals surface area contributed by atoms with Gasteiger partial charge >= 0.3 is 5.97 Å². The summed E-state index contributed by atoms with van der Waals surface area (Å²) in [5.74, 6) is 0.815. The van der Waals surface area contributed by atoms with Crippen LogP contribution >= 0.6 is 0 Å². The van der Waals surface area contributed by atoms with E-state index in [1.54, 1.807) is 10.9 Å². The maximum absolute atomic E-state index is 12.1. The monoisotopic (exact) mass is 265 g/mol. The highest BCUT2D eigenvalue weighted by molar-refractivity contribution is 5.92. The number of esters is 1. The van der Waals surface area contributed by atoms with Crippen LogP contribution in [-0.4, -0.2) is 21.9 Å². The lowest BCUT2D eigenvalue weighted by molar-refractivity contribution is 0.00748. The number of nitrogens with two attached hydrogens (primary N) is 1. The van der Waals surface area contributed by atoms with Crippen molar-refractivity contribution < 1.29 is 9.53 Å². The highest BCUT2D eigenvalue weighted by Gasteiger charge is 2.28. The molecule has 5 heteroatoms. The number of anilines is 1. The first-order chi connectivity index (χ1) is 8.99. The van der Waals surface area contributed by atoms with Gasteiger partial charge in [-0.1, -0.05) is 13.8 Å². The van der Waals surface area contributed by atoms with E-state index in [2.05, 4.69) is 18.9 Å². The van der Waals surface area contributed by atoms with Crippen molar-refractivity contribution in [2.24, 2.45) is 11.8 Å². The molecule has 5 nitrogen and oxygen atoms in total. The Morgan fingerprint density at radius 2 is 2.05 bits per heavy atom. The van der Waals surface area contributed by atoms with E-state index in [1.165, 1.54) is 6.42 Å². The molecule has 0 aromatic carbocycles. The number of hydrogen-bond donors (Lipinski definition) is 1. The number of nitrogen functional groups attached to an aromatic ring is 1. The minimum Gasteiger partial charge on any atom is -0.458 e. The highest BCUT2D eigenvalue weighted by atomic mass is 16.5. The number of rotatable bonds is 3. The normalized spacial score (nSPS) is 27.2. The van der Waals surface area contributed by atoms with Crippen LogP contribution in [-0.2, 0) is 11.3 Å². The lowest BCUT2D eigenvalue weighted by atomic mass is 9.82. The first-order valence-corrected chi connectivity index (χ1v) is 7.03. The van der Waals surface area contributed by atoms with E-state index < -0.39 is 5.97 Å². The number of aromatic nitrogens is 2. The summed E-state index contributed by atoms with van der Waals surface area (Å²) < 4.78 is 7.21. The van der Waals surface area contributed by atoms with E-state index in [0.29, 0.717) is 24.1 Å². The Hall–Kier alpha value is -1.52. The first kappa shape index (κ1) is 13.9. The standard InChI is InChI=1S/C14H23N3O2/c1-4-17-8-12(15)13(16-17)14(18)19-11-6-9(2)5-10(3)7-11/h8-11H,4-7,15H2,1-3H3. The molecule has 106 valence electrons. The molecule has 0 bridgehead atoms. The molecule has 0 aliphatic heterocycles. The van der Waals surface area contributed by atoms with Crippen molar-refractivity contribution in [3.63, 3.8) is 0 Å². The fourth-order valence-corrected chi connectivity index (χ4v) is 2.93. The molecular formula is C14H23N3O2. The molecule has 2 unspecified atom stereocenters. The van der Waals surface area contributed by atoms with Crippen molar-refractivity contribution in [3.8, 4) is 0 Å². The van der Waals surface area contributed by atoms with Crippen LogP contribution in [0.15, 0.2) is 6.20 Å². The van der Waals surface area contributed by atoms with Gasteiger partial charge in [0.05, 0.1) is 5.69 Å². The summed E-state index contributed by atoms with van der Waals surface area (Å²) in [6, 6.07) is 0. The van der Waals surface area contributed by atoms with Crippen molar-refractivity contribution >= 4 is 11.7 Å². The molecule has 1 aliphatic carbocycles. The zero-order valence-corrected chi connectivity index (χ0v) is 11.9. The predicted octanol–water partition coefficient (Wildman–Crippen LogP) is 2.47. The smallest absolute Gasteiger partial charge is 0.361 e. The zero-order chi connectivity index (χ0) is 14.0. The molecule has 1 heterocycles. The lowest BCUT2D eigenvalue weighted by Crippen LogP contribution is -2.28. The quantitative estimate of drug-likeness (QED) is 0.852. The number of carbonyl (C=O) groups excluding carboxylic acids is 1. The average Bonchev–Trinajstić information content (AvgIpc) is 2.69. The molecule has 1 aromatic heterocycles. The summed E-state index contributed by atoms with van der Waals surface area (Å²) in [6.45, 7) is 7.05. The molecule has 2 N–H and O–H groups in total. The molecule has 1 saturated carbocycles. The van der Waals surface area contributed by atoms with Crippen molar-refractivity contribution in [2.75, 3.05) is 5.73 Å². The second-order valence-electron chi connectivity index (χ2n) is 5.73. The summed E-state index contributed by atoms with van der Waals surface area (Å²) >= 11 is 0. The summed E-state index contributed by atoms with van der Waals surface area (Å²) in [7, 11) is 0. The number of nitrogens with zero attached hydrogens (tertiary/aromatic N) is 2. The Kier molecular flexibility index (Phi) is 4.12. The molecule has 2 atom stereocenters. The third kappa shape index (κ3) is 3.28. The number of ether oxygens (including phenoxy) is 1. The average molecular weight is 265 g/mol. The van der Waals surface area contributed by atoms with Gasteiger partial charge in [0.25, 0.3) is 0 Å². The van der Waals surface area contributed by atoms with Gasteiger partial charge in [-0.05, 0) is 38.0 Å². The maximum atomic E-state index is 12.1. The summed E-state index contributed by atoms with van der Waals surface area (Å²) in [4.78, 5) is 12.1. The molecule has 1 aliphatic rings. The fourth-order valence-electron chi connectivity index (χ4n) is 2.93. The van der Waals surface area contributed by atoms with Gasteiger partial charge in [0.1, 0.15) is 6.10 Å². The lowest BCUT2D eigenvalue weighted by Gasteiger charge is -2.30. The van der Waals surface area contributed by atoms with Gasteiger partial charge in [-0.15, -0.1) is 0 Å². The van der Waals surface area contributed by atoms with Gasteiger partial charge in [0.2, 0.25) is 0 Å². The summed E-state index contributed by atoms with van der Waals surface area (Å²) in [6.07, 6.45) is 4.75. The molecule has 19 heavy (non-hydrogen) atoms. The number of hydrogen-bond acceptors (Lipinski definition) is 4. The third-order valence-electron chi connectivity index (χ3n) is 3.72. The number of carbonyl (C=O) groups is 1. The fraction of sp³-hybridized carbons (Fsp3) is 0.714. The Morgan fingerprint density at radius 1 is 1.42 bits per heavy atom. The van der Waals surface area contributed by atoms with Crippen LogP contribution in [0, 0.1) is 11.8 Å². The Labute approximate surface area is 114 Å². The Balaban J connectivity index is 2.02. The molecule has 1 fully saturated rings. The SMILES string of the molecule is CCn1cc(N)c(C(=O)OC2CC(C)CC(C)C2)n1. The summed E-state index contributed by atoms with van der Waals surface area (Å²) in [5, 5.41) is 4.15. The molecule has 0 saturated heterocycles. The van der Waals surface area contributed by atoms with Gasteiger partial charge in [-0.25, -0.2) is 4.79 Å². The van der Waals surface area contributed by atoms with Crippen molar-refractivity contribution in [1.82, 2.24) is 9.78 Å². The second kappa shape index (κ2) is 5.63. The Bertz CT molecular complexity index is 446. The van der Waals surface area contributed by atoms with Crippen LogP contribution < -0.4 is 5.73 Å². The zero-order valence-electron chi connectivity index (χ0n) is 11.9. The van der Waals surface area contributed by atoms with Crippen LogP contribution in [0.2, 0.25) is 0 Å². The predicted molar refractivity (Wildman–Crippen MR) is 73.7 cm³/mol. The highest BCUT2D eigenvalue weighted by Crippen LogP contribution is 2.30. The topological polar surface area (TPSA) is 70.1 Å². The maximum Gasteiger partial charge on any atom is 0.361 e. The molecule has 0 amide bonds. The van der Waals surface area contributed by atoms with Gasteiger partial charge in [-0.2, -0.15) is 5.10 Å². The van der Waals surface area contributed by atoms with Crippen LogP contribution in [0.25, 0.3) is 0 Å². The van der Waals surface area contributed by atoms with Gasteiger partial charge in [-0.3, -0.25) is 4.68 Å². The molecule has 0 radical (unpaired) electrons. The van der Waals surface area contributed by atoms with Crippen LogP contribution in [0.3, 0.4) is 0 Å². The Morgan fingerprint density at radius 3 is 2.58 bits per heavy atom. The van der Waals surface area contributed by atoms with E-state index in [9.17, 15) is 4.79 Å². The number of aryl methyl sites for hydroxylation is 1. The first-order valence-electron chi connectivity index (χ1n) is 7.03. The summed E-state index contributed by atoms with van der Waals surface area (Å²) in [5.41, 5.74) is 6.43. The van der Waals surface area contributed by atoms with Crippen LogP contribution in [0.1, 0.15) is 50.5 Å². The second-order valence-corrected chi connectivity index (χ2v) is 5.73. The third-order valence-corrected chi connectivity index (χ3v) is 3.72. The van der Waals surface area contributed by atoms with Crippen molar-refractivity contribution in [1.29, 1.82) is 0 Å². The van der Waals surface area contributed by atoms with Crippen molar-refractivity contribution in [2.45, 2.75) is 52.7 Å². The molecule has 2 rings (SSSR count). The van der Waals surface area contributed by atoms with Gasteiger partial charge < -0.3 is 10.5 Å². The van der Waals surface area contributed by atoms with E-state index in [4.69, 9.17) is 10.5 Å².